The summed E-state index contributed by atoms with van der Waals surface area (Å²) in [4.78, 5) is 13.1. The summed E-state index contributed by atoms with van der Waals surface area (Å²) in [6.07, 6.45) is 2.74. The van der Waals surface area contributed by atoms with Crippen LogP contribution in [-0.2, 0) is 0 Å². The lowest BCUT2D eigenvalue weighted by molar-refractivity contribution is 0.297. The first-order chi connectivity index (χ1) is 14.0. The lowest BCUT2D eigenvalue weighted by atomic mass is 10.1. The largest absolute Gasteiger partial charge is 0.354 e. The number of hydrogen-bond acceptors (Lipinski definition) is 4. The van der Waals surface area contributed by atoms with Gasteiger partial charge in [0.2, 0.25) is 0 Å². The topological polar surface area (TPSA) is 55.8 Å². The molecule has 2 heterocycles. The SMILES string of the molecule is CN=C(NCC(c1ccc(F)cc1)N(C)C)NC1CCN(c2ncccc2Cl)C1.I. The maximum atomic E-state index is 13.3. The number of nitrogens with zero attached hydrogens (tertiary/aromatic N) is 4. The zero-order chi connectivity index (χ0) is 20.8. The van der Waals surface area contributed by atoms with Gasteiger partial charge in [-0.15, -0.1) is 24.0 Å². The molecule has 2 aromatic rings. The Bertz CT molecular complexity index is 833. The van der Waals surface area contributed by atoms with Crippen molar-refractivity contribution in [1.82, 2.24) is 20.5 Å². The Kier molecular flexibility index (Phi) is 9.57. The Hall–Kier alpha value is -1.65. The molecule has 1 fully saturated rings. The Labute approximate surface area is 199 Å². The molecule has 0 aliphatic carbocycles. The molecule has 1 saturated heterocycles. The minimum Gasteiger partial charge on any atom is -0.354 e. The van der Waals surface area contributed by atoms with Gasteiger partial charge in [0.05, 0.1) is 11.1 Å². The lowest BCUT2D eigenvalue weighted by Gasteiger charge is -2.27. The van der Waals surface area contributed by atoms with E-state index in [-0.39, 0.29) is 41.9 Å². The van der Waals surface area contributed by atoms with Crippen molar-refractivity contribution >= 4 is 47.4 Å². The van der Waals surface area contributed by atoms with E-state index in [9.17, 15) is 4.39 Å². The van der Waals surface area contributed by atoms with Gasteiger partial charge in [-0.3, -0.25) is 4.99 Å². The number of guanidine groups is 1. The predicted octanol–water partition coefficient (Wildman–Crippen LogP) is 3.54. The van der Waals surface area contributed by atoms with Gasteiger partial charge in [0.25, 0.3) is 0 Å². The first-order valence-corrected chi connectivity index (χ1v) is 10.1. The monoisotopic (exact) mass is 546 g/mol. The van der Waals surface area contributed by atoms with Crippen LogP contribution >= 0.6 is 35.6 Å². The smallest absolute Gasteiger partial charge is 0.191 e. The van der Waals surface area contributed by atoms with E-state index >= 15 is 0 Å². The highest BCUT2D eigenvalue weighted by Gasteiger charge is 2.25. The van der Waals surface area contributed by atoms with E-state index in [4.69, 9.17) is 11.6 Å². The van der Waals surface area contributed by atoms with Gasteiger partial charge in [-0.2, -0.15) is 0 Å². The van der Waals surface area contributed by atoms with E-state index < -0.39 is 0 Å². The van der Waals surface area contributed by atoms with Crippen LogP contribution in [-0.4, -0.2) is 62.7 Å². The molecule has 30 heavy (non-hydrogen) atoms. The Morgan fingerprint density at radius 3 is 2.70 bits per heavy atom. The van der Waals surface area contributed by atoms with Crippen LogP contribution in [0.4, 0.5) is 10.2 Å². The van der Waals surface area contributed by atoms with Crippen LogP contribution in [0.15, 0.2) is 47.6 Å². The van der Waals surface area contributed by atoms with E-state index in [1.807, 2.05) is 38.4 Å². The Morgan fingerprint density at radius 2 is 2.07 bits per heavy atom. The second-order valence-electron chi connectivity index (χ2n) is 7.37. The van der Waals surface area contributed by atoms with Crippen LogP contribution in [0.1, 0.15) is 18.0 Å². The van der Waals surface area contributed by atoms with Crippen molar-refractivity contribution in [3.63, 3.8) is 0 Å². The number of anilines is 1. The highest BCUT2D eigenvalue weighted by molar-refractivity contribution is 14.0. The summed E-state index contributed by atoms with van der Waals surface area (Å²) >= 11 is 6.28. The summed E-state index contributed by atoms with van der Waals surface area (Å²) in [5.74, 6) is 1.35. The van der Waals surface area contributed by atoms with Gasteiger partial charge in [-0.1, -0.05) is 23.7 Å². The zero-order valence-electron chi connectivity index (χ0n) is 17.5. The van der Waals surface area contributed by atoms with E-state index in [2.05, 4.69) is 30.4 Å². The number of aliphatic imine (C=N–C) groups is 1. The van der Waals surface area contributed by atoms with E-state index in [0.717, 1.165) is 36.9 Å². The molecule has 0 saturated carbocycles. The molecule has 164 valence electrons. The second kappa shape index (κ2) is 11.7. The predicted molar refractivity (Wildman–Crippen MR) is 133 cm³/mol. The first-order valence-electron chi connectivity index (χ1n) is 9.72. The van der Waals surface area contributed by atoms with E-state index in [1.165, 1.54) is 12.1 Å². The molecule has 0 spiro atoms. The molecular weight excluding hydrogens is 518 g/mol. The average Bonchev–Trinajstić information content (AvgIpc) is 3.17. The number of aromatic nitrogens is 1. The van der Waals surface area contributed by atoms with Crippen LogP contribution in [0.3, 0.4) is 0 Å². The molecule has 1 aliphatic rings. The number of halogens is 3. The summed E-state index contributed by atoms with van der Waals surface area (Å²) in [5.41, 5.74) is 1.05. The van der Waals surface area contributed by atoms with Gasteiger partial charge < -0.3 is 20.4 Å². The third-order valence-corrected chi connectivity index (χ3v) is 5.43. The number of likely N-dealkylation sites (N-methyl/N-ethyl adjacent to an activating group) is 1. The fraction of sp³-hybridized carbons (Fsp3) is 0.429. The third-order valence-electron chi connectivity index (χ3n) is 5.13. The van der Waals surface area contributed by atoms with Crippen LogP contribution in [0.2, 0.25) is 5.02 Å². The molecule has 0 radical (unpaired) electrons. The molecule has 0 amide bonds. The summed E-state index contributed by atoms with van der Waals surface area (Å²) in [6.45, 7) is 2.36. The highest BCUT2D eigenvalue weighted by Crippen LogP contribution is 2.25. The maximum Gasteiger partial charge on any atom is 0.191 e. The molecule has 6 nitrogen and oxygen atoms in total. The zero-order valence-corrected chi connectivity index (χ0v) is 20.6. The van der Waals surface area contributed by atoms with Crippen molar-refractivity contribution < 1.29 is 4.39 Å². The highest BCUT2D eigenvalue weighted by atomic mass is 127. The minimum atomic E-state index is -0.226. The summed E-state index contributed by atoms with van der Waals surface area (Å²) in [5, 5.41) is 7.56. The maximum absolute atomic E-state index is 13.3. The molecule has 1 aromatic heterocycles. The molecule has 1 aromatic carbocycles. The van der Waals surface area contributed by atoms with Gasteiger partial charge >= 0.3 is 0 Å². The molecule has 0 bridgehead atoms. The summed E-state index contributed by atoms with van der Waals surface area (Å²) in [6, 6.07) is 10.7. The van der Waals surface area contributed by atoms with Gasteiger partial charge in [0.1, 0.15) is 11.6 Å². The first kappa shape index (κ1) is 24.6. The molecule has 2 N–H and O–H groups in total. The molecule has 3 rings (SSSR count). The minimum absolute atomic E-state index is 0. The lowest BCUT2D eigenvalue weighted by Crippen LogP contribution is -2.46. The number of pyridine rings is 1. The van der Waals surface area contributed by atoms with Crippen molar-refractivity contribution in [1.29, 1.82) is 0 Å². The number of hydrogen-bond donors (Lipinski definition) is 2. The fourth-order valence-corrected chi connectivity index (χ4v) is 3.79. The van der Waals surface area contributed by atoms with Crippen LogP contribution in [0, 0.1) is 5.82 Å². The third kappa shape index (κ3) is 6.42. The second-order valence-corrected chi connectivity index (χ2v) is 7.78. The Morgan fingerprint density at radius 1 is 1.33 bits per heavy atom. The average molecular weight is 547 g/mol. The quantitative estimate of drug-likeness (QED) is 0.330. The van der Waals surface area contributed by atoms with Gasteiger partial charge in [0.15, 0.2) is 5.96 Å². The van der Waals surface area contributed by atoms with Crippen molar-refractivity contribution in [2.45, 2.75) is 18.5 Å². The van der Waals surface area contributed by atoms with Gasteiger partial charge in [-0.25, -0.2) is 9.37 Å². The Balaban J connectivity index is 0.00000320. The molecular formula is C21H29ClFIN6. The molecule has 1 aliphatic heterocycles. The van der Waals surface area contributed by atoms with Gasteiger partial charge in [-0.05, 0) is 50.3 Å². The normalized spacial score (nSPS) is 17.6. The molecule has 2 unspecified atom stereocenters. The standard InChI is InChI=1S/C21H28ClFN6.HI/c1-24-21(26-13-19(28(2)3)15-6-8-16(23)9-7-15)27-17-10-12-29(14-17)20-18(22)5-4-11-25-20;/h4-9,11,17,19H,10,12-14H2,1-3H3,(H2,24,26,27);1H. The van der Waals surface area contributed by atoms with Crippen LogP contribution in [0.25, 0.3) is 0 Å². The number of rotatable bonds is 6. The van der Waals surface area contributed by atoms with E-state index in [1.54, 1.807) is 13.2 Å². The summed E-state index contributed by atoms with van der Waals surface area (Å²) in [7, 11) is 5.79. The van der Waals surface area contributed by atoms with Crippen LogP contribution in [0.5, 0.6) is 0 Å². The number of nitrogens with one attached hydrogen (secondary N) is 2. The van der Waals surface area contributed by atoms with Crippen molar-refractivity contribution in [3.05, 3.63) is 59.0 Å². The molecule has 2 atom stereocenters. The number of benzene rings is 1. The van der Waals surface area contributed by atoms with Gasteiger partial charge in [0, 0.05) is 38.9 Å². The van der Waals surface area contributed by atoms with E-state index in [0.29, 0.717) is 11.6 Å². The van der Waals surface area contributed by atoms with Crippen LogP contribution < -0.4 is 15.5 Å². The van der Waals surface area contributed by atoms with Crippen molar-refractivity contribution in [3.8, 4) is 0 Å². The fourth-order valence-electron chi connectivity index (χ4n) is 3.55. The summed E-state index contributed by atoms with van der Waals surface area (Å²) < 4.78 is 13.3. The van der Waals surface area contributed by atoms with Crippen molar-refractivity contribution in [2.24, 2.45) is 4.99 Å². The molecule has 9 heteroatoms. The van der Waals surface area contributed by atoms with Crippen molar-refractivity contribution in [2.75, 3.05) is 45.7 Å².